The Labute approximate surface area is 140 Å². The van der Waals surface area contributed by atoms with Crippen molar-refractivity contribution in [3.8, 4) is 11.8 Å². The quantitative estimate of drug-likeness (QED) is 0.807. The van der Waals surface area contributed by atoms with Crippen molar-refractivity contribution in [3.05, 3.63) is 47.3 Å². The molecule has 0 saturated heterocycles. The minimum absolute atomic E-state index is 0.0184. The Hall–Kier alpha value is -1.63. The normalized spacial score (nSPS) is 13.2. The molecule has 0 aliphatic heterocycles. The lowest BCUT2D eigenvalue weighted by Crippen LogP contribution is -2.18. The summed E-state index contributed by atoms with van der Waals surface area (Å²) >= 11 is 0. The van der Waals surface area contributed by atoms with E-state index in [1.54, 1.807) is 13.0 Å². The molecular formula is C20H28FNO. The Bertz CT molecular complexity index is 588. The van der Waals surface area contributed by atoms with Gasteiger partial charge in [-0.2, -0.15) is 0 Å². The molecule has 0 fully saturated rings. The van der Waals surface area contributed by atoms with Gasteiger partial charge >= 0.3 is 0 Å². The van der Waals surface area contributed by atoms with Gasteiger partial charge in [0.1, 0.15) is 5.82 Å². The van der Waals surface area contributed by atoms with E-state index in [-0.39, 0.29) is 11.2 Å². The monoisotopic (exact) mass is 317 g/mol. The van der Waals surface area contributed by atoms with Crippen LogP contribution in [0.25, 0.3) is 0 Å². The lowest BCUT2D eigenvalue weighted by molar-refractivity contribution is 0.194. The zero-order chi connectivity index (χ0) is 17.5. The van der Waals surface area contributed by atoms with Crippen LogP contribution in [-0.4, -0.2) is 29.7 Å². The lowest BCUT2D eigenvalue weighted by atomic mass is 9.98. The van der Waals surface area contributed by atoms with Crippen molar-refractivity contribution >= 4 is 0 Å². The Balaban J connectivity index is 2.58. The number of benzene rings is 1. The van der Waals surface area contributed by atoms with E-state index in [9.17, 15) is 9.50 Å². The minimum Gasteiger partial charge on any atom is -0.393 e. The summed E-state index contributed by atoms with van der Waals surface area (Å²) in [7, 11) is 2.01. The molecule has 1 atom stereocenters. The van der Waals surface area contributed by atoms with Crippen molar-refractivity contribution in [3.63, 3.8) is 0 Å². The molecule has 0 saturated carbocycles. The Morgan fingerprint density at radius 3 is 2.65 bits per heavy atom. The van der Waals surface area contributed by atoms with Crippen LogP contribution in [-0.2, 0) is 13.0 Å². The van der Waals surface area contributed by atoms with Gasteiger partial charge in [-0.1, -0.05) is 30.0 Å². The molecule has 1 rings (SSSR count). The van der Waals surface area contributed by atoms with E-state index in [1.807, 2.05) is 25.3 Å². The Morgan fingerprint density at radius 2 is 2.04 bits per heavy atom. The maximum atomic E-state index is 13.7. The van der Waals surface area contributed by atoms with Crippen LogP contribution in [0.5, 0.6) is 0 Å². The van der Waals surface area contributed by atoms with Gasteiger partial charge in [0.05, 0.1) is 6.10 Å². The van der Waals surface area contributed by atoms with Gasteiger partial charge in [-0.25, -0.2) is 4.39 Å². The van der Waals surface area contributed by atoms with E-state index >= 15 is 0 Å². The number of aliphatic hydroxyl groups is 1. The number of aliphatic hydroxyl groups excluding tert-OH is 1. The first kappa shape index (κ1) is 19.4. The lowest BCUT2D eigenvalue weighted by Gasteiger charge is -2.15. The van der Waals surface area contributed by atoms with Gasteiger partial charge in [-0.3, -0.25) is 4.90 Å². The van der Waals surface area contributed by atoms with Crippen LogP contribution in [0.2, 0.25) is 0 Å². The van der Waals surface area contributed by atoms with E-state index in [1.165, 1.54) is 6.07 Å². The average molecular weight is 317 g/mol. The number of likely N-dealkylation sites (N-methyl/N-ethyl adjacent to an activating group) is 1. The van der Waals surface area contributed by atoms with E-state index in [0.29, 0.717) is 12.0 Å². The number of allylic oxidation sites excluding steroid dienone is 1. The molecule has 1 aromatic carbocycles. The molecule has 2 nitrogen and oxygen atoms in total. The van der Waals surface area contributed by atoms with Crippen LogP contribution in [0.15, 0.2) is 30.4 Å². The van der Waals surface area contributed by atoms with Gasteiger partial charge in [0.15, 0.2) is 0 Å². The molecule has 23 heavy (non-hydrogen) atoms. The number of nitrogens with zero attached hydrogens (tertiary/aromatic N) is 1. The first-order chi connectivity index (χ1) is 10.7. The second-order valence-corrected chi connectivity index (χ2v) is 7.10. The molecule has 0 radical (unpaired) electrons. The minimum atomic E-state index is -0.540. The summed E-state index contributed by atoms with van der Waals surface area (Å²) in [5.74, 6) is 5.95. The number of rotatable bonds is 6. The molecule has 0 bridgehead atoms. The van der Waals surface area contributed by atoms with E-state index < -0.39 is 6.10 Å². The summed E-state index contributed by atoms with van der Waals surface area (Å²) in [5, 5.41) is 9.43. The smallest absolute Gasteiger partial charge is 0.126 e. The first-order valence-corrected chi connectivity index (χ1v) is 7.99. The predicted octanol–water partition coefficient (Wildman–Crippen LogP) is 3.79. The Kier molecular flexibility index (Phi) is 7.48. The summed E-state index contributed by atoms with van der Waals surface area (Å²) in [6.45, 7) is 9.42. The van der Waals surface area contributed by atoms with Crippen LogP contribution in [0.4, 0.5) is 4.39 Å². The molecule has 126 valence electrons. The molecule has 0 amide bonds. The van der Waals surface area contributed by atoms with Crippen LogP contribution < -0.4 is 0 Å². The summed E-state index contributed by atoms with van der Waals surface area (Å²) in [4.78, 5) is 2.13. The molecule has 0 aliphatic rings. The van der Waals surface area contributed by atoms with Crippen LogP contribution >= 0.6 is 0 Å². The highest BCUT2D eigenvalue weighted by atomic mass is 19.1. The van der Waals surface area contributed by atoms with E-state index in [4.69, 9.17) is 0 Å². The second-order valence-electron chi connectivity index (χ2n) is 7.10. The van der Waals surface area contributed by atoms with Gasteiger partial charge < -0.3 is 5.11 Å². The topological polar surface area (TPSA) is 23.5 Å². The SMILES string of the molecule is CC(O)Cc1cc(CN(C)C/C=C/C#CC(C)(C)C)ccc1F. The van der Waals surface area contributed by atoms with Crippen molar-refractivity contribution in [2.75, 3.05) is 13.6 Å². The van der Waals surface area contributed by atoms with E-state index in [0.717, 1.165) is 18.7 Å². The molecule has 1 aromatic rings. The molecule has 0 spiro atoms. The maximum Gasteiger partial charge on any atom is 0.126 e. The Morgan fingerprint density at radius 1 is 1.35 bits per heavy atom. The maximum absolute atomic E-state index is 13.7. The molecular weight excluding hydrogens is 289 g/mol. The van der Waals surface area contributed by atoms with E-state index in [2.05, 4.69) is 37.5 Å². The second kappa shape index (κ2) is 8.86. The summed E-state index contributed by atoms with van der Waals surface area (Å²) < 4.78 is 13.7. The first-order valence-electron chi connectivity index (χ1n) is 7.99. The molecule has 1 N–H and O–H groups in total. The fourth-order valence-corrected chi connectivity index (χ4v) is 2.13. The van der Waals surface area contributed by atoms with Crippen LogP contribution in [0.1, 0.15) is 38.8 Å². The average Bonchev–Trinajstić information content (AvgIpc) is 2.40. The summed E-state index contributed by atoms with van der Waals surface area (Å²) in [6.07, 6.45) is 3.71. The summed E-state index contributed by atoms with van der Waals surface area (Å²) in [6, 6.07) is 5.10. The van der Waals surface area contributed by atoms with Gasteiger partial charge in [0.2, 0.25) is 0 Å². The van der Waals surface area contributed by atoms with Crippen molar-refractivity contribution in [1.82, 2.24) is 4.90 Å². The van der Waals surface area contributed by atoms with Crippen molar-refractivity contribution < 1.29 is 9.50 Å². The number of hydrogen-bond acceptors (Lipinski definition) is 2. The largest absolute Gasteiger partial charge is 0.393 e. The molecule has 3 heteroatoms. The highest BCUT2D eigenvalue weighted by molar-refractivity contribution is 5.26. The molecule has 0 aliphatic carbocycles. The predicted molar refractivity (Wildman–Crippen MR) is 94.5 cm³/mol. The van der Waals surface area contributed by atoms with Gasteiger partial charge in [-0.05, 0) is 58.0 Å². The standard InChI is InChI=1S/C20H28FNO/c1-16(23)13-18-14-17(9-10-19(18)21)15-22(5)12-8-6-7-11-20(2,3)4/h6,8-10,14,16,23H,12-13,15H2,1-5H3/b8-6+. The van der Waals surface area contributed by atoms with Gasteiger partial charge in [0.25, 0.3) is 0 Å². The molecule has 0 heterocycles. The highest BCUT2D eigenvalue weighted by Gasteiger charge is 2.08. The van der Waals surface area contributed by atoms with Crippen molar-refractivity contribution in [2.45, 2.75) is 46.8 Å². The fraction of sp³-hybridized carbons (Fsp3) is 0.500. The van der Waals surface area contributed by atoms with Crippen LogP contribution in [0, 0.1) is 23.1 Å². The third-order valence-electron chi connectivity index (χ3n) is 3.14. The number of halogens is 1. The third-order valence-corrected chi connectivity index (χ3v) is 3.14. The third kappa shape index (κ3) is 8.54. The zero-order valence-electron chi connectivity index (χ0n) is 14.9. The zero-order valence-corrected chi connectivity index (χ0v) is 14.9. The van der Waals surface area contributed by atoms with Crippen LogP contribution in [0.3, 0.4) is 0 Å². The van der Waals surface area contributed by atoms with Gasteiger partial charge in [-0.15, -0.1) is 0 Å². The molecule has 0 aromatic heterocycles. The number of hydrogen-bond donors (Lipinski definition) is 1. The fourth-order valence-electron chi connectivity index (χ4n) is 2.13. The van der Waals surface area contributed by atoms with Gasteiger partial charge in [0, 0.05) is 24.9 Å². The molecule has 1 unspecified atom stereocenters. The van der Waals surface area contributed by atoms with Crippen molar-refractivity contribution in [2.24, 2.45) is 5.41 Å². The van der Waals surface area contributed by atoms with Crippen molar-refractivity contribution in [1.29, 1.82) is 0 Å². The highest BCUT2D eigenvalue weighted by Crippen LogP contribution is 2.14. The summed E-state index contributed by atoms with van der Waals surface area (Å²) in [5.41, 5.74) is 1.63.